The maximum Gasteiger partial charge on any atom is 0.0445 e. The van der Waals surface area contributed by atoms with E-state index in [4.69, 9.17) is 5.11 Å². The lowest BCUT2D eigenvalue weighted by atomic mass is 9.95. The van der Waals surface area contributed by atoms with E-state index in [2.05, 4.69) is 39.9 Å². The Morgan fingerprint density at radius 1 is 1.14 bits per heavy atom. The molecule has 86 valence electrons. The predicted molar refractivity (Wildman–Crippen MR) is 62.4 cm³/mol. The van der Waals surface area contributed by atoms with Crippen LogP contribution in [0.5, 0.6) is 0 Å². The molecule has 2 heteroatoms. The molecule has 0 saturated carbocycles. The average Bonchev–Trinajstić information content (AvgIpc) is 2.15. The van der Waals surface area contributed by atoms with Gasteiger partial charge in [0.2, 0.25) is 0 Å². The fourth-order valence-electron chi connectivity index (χ4n) is 1.60. The molecule has 0 saturated heterocycles. The Morgan fingerprint density at radius 3 is 2.07 bits per heavy atom. The molecule has 14 heavy (non-hydrogen) atoms. The van der Waals surface area contributed by atoms with Gasteiger partial charge in [0.1, 0.15) is 0 Å². The highest BCUT2D eigenvalue weighted by Crippen LogP contribution is 2.12. The van der Waals surface area contributed by atoms with E-state index in [9.17, 15) is 0 Å². The second kappa shape index (κ2) is 7.24. The topological polar surface area (TPSA) is 32.3 Å². The van der Waals surface area contributed by atoms with E-state index in [1.165, 1.54) is 6.42 Å². The molecule has 2 nitrogen and oxygen atoms in total. The molecule has 0 amide bonds. The Bertz CT molecular complexity index is 136. The van der Waals surface area contributed by atoms with Gasteiger partial charge in [-0.15, -0.1) is 0 Å². The van der Waals surface area contributed by atoms with E-state index in [-0.39, 0.29) is 6.61 Å². The third-order valence-corrected chi connectivity index (χ3v) is 3.22. The minimum Gasteiger partial charge on any atom is -0.396 e. The second-order valence-corrected chi connectivity index (χ2v) is 4.70. The fourth-order valence-corrected chi connectivity index (χ4v) is 1.60. The van der Waals surface area contributed by atoms with Crippen LogP contribution in [0, 0.1) is 11.8 Å². The molecule has 3 atom stereocenters. The fraction of sp³-hybridized carbons (Fsp3) is 1.00. The third-order valence-electron chi connectivity index (χ3n) is 3.22. The van der Waals surface area contributed by atoms with Crippen LogP contribution in [-0.4, -0.2) is 23.8 Å². The van der Waals surface area contributed by atoms with E-state index < -0.39 is 0 Å². The van der Waals surface area contributed by atoms with Gasteiger partial charge in [-0.25, -0.2) is 0 Å². The zero-order chi connectivity index (χ0) is 11.1. The summed E-state index contributed by atoms with van der Waals surface area (Å²) in [6.45, 7) is 11.4. The van der Waals surface area contributed by atoms with E-state index >= 15 is 0 Å². The molecular weight excluding hydrogens is 174 g/mol. The lowest BCUT2D eigenvalue weighted by Gasteiger charge is -2.29. The number of hydrogen-bond donors (Lipinski definition) is 2. The summed E-state index contributed by atoms with van der Waals surface area (Å²) in [6, 6.07) is 0.989. The molecule has 0 fully saturated rings. The van der Waals surface area contributed by atoms with Crippen LogP contribution in [-0.2, 0) is 0 Å². The molecule has 0 aromatic carbocycles. The van der Waals surface area contributed by atoms with E-state index in [1.54, 1.807) is 0 Å². The van der Waals surface area contributed by atoms with Gasteiger partial charge in [0, 0.05) is 18.7 Å². The summed E-state index contributed by atoms with van der Waals surface area (Å²) in [5, 5.41) is 12.6. The van der Waals surface area contributed by atoms with Crippen molar-refractivity contribution in [1.82, 2.24) is 5.32 Å². The Hall–Kier alpha value is -0.0800. The largest absolute Gasteiger partial charge is 0.396 e. The van der Waals surface area contributed by atoms with Gasteiger partial charge in [0.25, 0.3) is 0 Å². The van der Waals surface area contributed by atoms with E-state index in [0.29, 0.717) is 23.9 Å². The summed E-state index contributed by atoms with van der Waals surface area (Å²) in [5.41, 5.74) is 0. The van der Waals surface area contributed by atoms with Crippen molar-refractivity contribution in [3.05, 3.63) is 0 Å². The Balaban J connectivity index is 4.01. The van der Waals surface area contributed by atoms with Gasteiger partial charge >= 0.3 is 0 Å². The van der Waals surface area contributed by atoms with E-state index in [0.717, 1.165) is 6.42 Å². The second-order valence-electron chi connectivity index (χ2n) is 4.70. The molecule has 0 radical (unpaired) electrons. The minimum atomic E-state index is 0.281. The Kier molecular flexibility index (Phi) is 7.20. The Labute approximate surface area is 89.1 Å². The first-order valence-electron chi connectivity index (χ1n) is 5.89. The molecule has 2 N–H and O–H groups in total. The molecule has 0 aromatic heterocycles. The smallest absolute Gasteiger partial charge is 0.0445 e. The zero-order valence-electron chi connectivity index (χ0n) is 10.4. The first-order valence-corrected chi connectivity index (χ1v) is 5.89. The first-order chi connectivity index (χ1) is 6.52. The van der Waals surface area contributed by atoms with Gasteiger partial charge in [-0.05, 0) is 25.2 Å². The van der Waals surface area contributed by atoms with Gasteiger partial charge < -0.3 is 10.4 Å². The molecule has 0 aliphatic carbocycles. The van der Waals surface area contributed by atoms with E-state index in [1.807, 2.05) is 0 Å². The van der Waals surface area contributed by atoms with Crippen LogP contribution in [0.4, 0.5) is 0 Å². The summed E-state index contributed by atoms with van der Waals surface area (Å²) >= 11 is 0. The average molecular weight is 201 g/mol. The highest BCUT2D eigenvalue weighted by Gasteiger charge is 2.17. The summed E-state index contributed by atoms with van der Waals surface area (Å²) in [7, 11) is 0. The minimum absolute atomic E-state index is 0.281. The number of nitrogens with one attached hydrogen (secondary N) is 1. The summed E-state index contributed by atoms with van der Waals surface area (Å²) in [6.07, 6.45) is 2.07. The quantitative estimate of drug-likeness (QED) is 0.663. The van der Waals surface area contributed by atoms with Crippen molar-refractivity contribution in [1.29, 1.82) is 0 Å². The van der Waals surface area contributed by atoms with Gasteiger partial charge in [0.05, 0.1) is 0 Å². The van der Waals surface area contributed by atoms with Crippen molar-refractivity contribution in [3.8, 4) is 0 Å². The molecule has 0 aromatic rings. The highest BCUT2D eigenvalue weighted by atomic mass is 16.3. The molecule has 3 unspecified atom stereocenters. The molecule has 0 aliphatic rings. The van der Waals surface area contributed by atoms with Crippen molar-refractivity contribution in [2.75, 3.05) is 6.61 Å². The SMILES string of the molecule is CCC(C)C(C)NC(CCO)C(C)C. The molecule has 0 heterocycles. The van der Waals surface area contributed by atoms with Gasteiger partial charge in [0.15, 0.2) is 0 Å². The Morgan fingerprint density at radius 2 is 1.71 bits per heavy atom. The highest BCUT2D eigenvalue weighted by molar-refractivity contribution is 4.76. The van der Waals surface area contributed by atoms with Crippen LogP contribution < -0.4 is 5.32 Å². The zero-order valence-corrected chi connectivity index (χ0v) is 10.4. The molecule has 0 aliphatic heterocycles. The number of hydrogen-bond acceptors (Lipinski definition) is 2. The summed E-state index contributed by atoms with van der Waals surface area (Å²) < 4.78 is 0. The molecule has 0 rings (SSSR count). The van der Waals surface area contributed by atoms with Crippen LogP contribution in [0.3, 0.4) is 0 Å². The summed E-state index contributed by atoms with van der Waals surface area (Å²) in [4.78, 5) is 0. The maximum atomic E-state index is 8.95. The molecule has 0 bridgehead atoms. The van der Waals surface area contributed by atoms with Crippen molar-refractivity contribution in [2.24, 2.45) is 11.8 Å². The van der Waals surface area contributed by atoms with Crippen LogP contribution in [0.1, 0.15) is 47.5 Å². The van der Waals surface area contributed by atoms with Crippen LogP contribution in [0.2, 0.25) is 0 Å². The van der Waals surface area contributed by atoms with Gasteiger partial charge in [-0.2, -0.15) is 0 Å². The van der Waals surface area contributed by atoms with Gasteiger partial charge in [-0.3, -0.25) is 0 Å². The van der Waals surface area contributed by atoms with Crippen LogP contribution in [0.15, 0.2) is 0 Å². The van der Waals surface area contributed by atoms with Crippen molar-refractivity contribution in [3.63, 3.8) is 0 Å². The van der Waals surface area contributed by atoms with Crippen molar-refractivity contribution >= 4 is 0 Å². The van der Waals surface area contributed by atoms with Crippen LogP contribution >= 0.6 is 0 Å². The van der Waals surface area contributed by atoms with Crippen LogP contribution in [0.25, 0.3) is 0 Å². The first kappa shape index (κ1) is 13.9. The molecule has 0 spiro atoms. The van der Waals surface area contributed by atoms with Gasteiger partial charge in [-0.1, -0.05) is 34.1 Å². The normalized spacial score (nSPS) is 18.2. The predicted octanol–water partition coefficient (Wildman–Crippen LogP) is 2.42. The molecular formula is C12H27NO. The number of aliphatic hydroxyl groups excluding tert-OH is 1. The van der Waals surface area contributed by atoms with Crippen molar-refractivity contribution in [2.45, 2.75) is 59.5 Å². The number of aliphatic hydroxyl groups is 1. The number of rotatable bonds is 7. The standard InChI is InChI=1S/C12H27NO/c1-6-10(4)11(5)13-12(7-8-14)9(2)3/h9-14H,6-8H2,1-5H3. The van der Waals surface area contributed by atoms with Crippen molar-refractivity contribution < 1.29 is 5.11 Å². The monoisotopic (exact) mass is 201 g/mol. The lowest BCUT2D eigenvalue weighted by molar-refractivity contribution is 0.224. The third kappa shape index (κ3) is 4.97. The lowest BCUT2D eigenvalue weighted by Crippen LogP contribution is -2.43. The maximum absolute atomic E-state index is 8.95. The summed E-state index contributed by atoms with van der Waals surface area (Å²) in [5.74, 6) is 1.29.